The molecular formula is C13H17NO2. The zero-order valence-corrected chi connectivity index (χ0v) is 9.86. The van der Waals surface area contributed by atoms with Gasteiger partial charge in [0.15, 0.2) is 0 Å². The first-order chi connectivity index (χ1) is 7.63. The maximum atomic E-state index is 11.0. The van der Waals surface area contributed by atoms with E-state index in [0.29, 0.717) is 0 Å². The largest absolute Gasteiger partial charge is 0.466 e. The molecule has 0 aliphatic carbocycles. The van der Waals surface area contributed by atoms with Crippen molar-refractivity contribution in [3.63, 3.8) is 0 Å². The van der Waals surface area contributed by atoms with Crippen molar-refractivity contribution in [2.45, 2.75) is 19.9 Å². The Morgan fingerprint density at radius 3 is 2.56 bits per heavy atom. The molecule has 86 valence electrons. The van der Waals surface area contributed by atoms with Gasteiger partial charge in [-0.3, -0.25) is 0 Å². The lowest BCUT2D eigenvalue weighted by Crippen LogP contribution is -2.17. The first kappa shape index (κ1) is 12.3. The van der Waals surface area contributed by atoms with Crippen molar-refractivity contribution < 1.29 is 9.53 Å². The van der Waals surface area contributed by atoms with Gasteiger partial charge >= 0.3 is 5.97 Å². The number of esters is 1. The van der Waals surface area contributed by atoms with Crippen LogP contribution in [0.5, 0.6) is 0 Å². The van der Waals surface area contributed by atoms with Gasteiger partial charge < -0.3 is 10.1 Å². The third-order valence-corrected chi connectivity index (χ3v) is 2.28. The SMILES string of the molecule is COC(=O)/C=C(/C)N[C@H](C)c1ccccc1. The van der Waals surface area contributed by atoms with Crippen LogP contribution >= 0.6 is 0 Å². The van der Waals surface area contributed by atoms with Crippen LogP contribution in [0.3, 0.4) is 0 Å². The van der Waals surface area contributed by atoms with E-state index in [4.69, 9.17) is 0 Å². The zero-order valence-electron chi connectivity index (χ0n) is 9.86. The van der Waals surface area contributed by atoms with Crippen LogP contribution < -0.4 is 5.32 Å². The van der Waals surface area contributed by atoms with Gasteiger partial charge in [-0.15, -0.1) is 0 Å². The molecule has 1 aromatic carbocycles. The average Bonchev–Trinajstić information content (AvgIpc) is 2.29. The predicted molar refractivity (Wildman–Crippen MR) is 63.8 cm³/mol. The van der Waals surface area contributed by atoms with Crippen LogP contribution in [0.2, 0.25) is 0 Å². The molecule has 3 nitrogen and oxygen atoms in total. The Morgan fingerprint density at radius 2 is 2.00 bits per heavy atom. The van der Waals surface area contributed by atoms with Gasteiger partial charge in [-0.2, -0.15) is 0 Å². The Kier molecular flexibility index (Phi) is 4.58. The number of nitrogens with one attached hydrogen (secondary N) is 1. The summed E-state index contributed by atoms with van der Waals surface area (Å²) in [7, 11) is 1.37. The fraction of sp³-hybridized carbons (Fsp3) is 0.308. The summed E-state index contributed by atoms with van der Waals surface area (Å²) in [6.07, 6.45) is 1.44. The highest BCUT2D eigenvalue weighted by Crippen LogP contribution is 2.12. The number of ether oxygens (including phenoxy) is 1. The highest BCUT2D eigenvalue weighted by atomic mass is 16.5. The van der Waals surface area contributed by atoms with E-state index >= 15 is 0 Å². The maximum Gasteiger partial charge on any atom is 0.332 e. The fourth-order valence-corrected chi connectivity index (χ4v) is 1.44. The smallest absolute Gasteiger partial charge is 0.332 e. The number of allylic oxidation sites excluding steroid dienone is 1. The molecule has 0 saturated heterocycles. The molecule has 0 aliphatic rings. The molecule has 0 bridgehead atoms. The second-order valence-electron chi connectivity index (χ2n) is 3.63. The van der Waals surface area contributed by atoms with Gasteiger partial charge in [0.25, 0.3) is 0 Å². The van der Waals surface area contributed by atoms with E-state index < -0.39 is 0 Å². The van der Waals surface area contributed by atoms with Crippen LogP contribution in [-0.2, 0) is 9.53 Å². The van der Waals surface area contributed by atoms with Crippen LogP contribution in [0.25, 0.3) is 0 Å². The van der Waals surface area contributed by atoms with Gasteiger partial charge in [-0.05, 0) is 19.4 Å². The second kappa shape index (κ2) is 5.95. The molecule has 0 heterocycles. The lowest BCUT2D eigenvalue weighted by atomic mass is 10.1. The van der Waals surface area contributed by atoms with E-state index in [9.17, 15) is 4.79 Å². The Balaban J connectivity index is 2.61. The Labute approximate surface area is 96.1 Å². The van der Waals surface area contributed by atoms with Crippen molar-refractivity contribution >= 4 is 5.97 Å². The molecule has 1 rings (SSSR count). The molecule has 0 fully saturated rings. The Hall–Kier alpha value is -1.77. The topological polar surface area (TPSA) is 38.3 Å². The summed E-state index contributed by atoms with van der Waals surface area (Å²) in [6.45, 7) is 3.89. The van der Waals surface area contributed by atoms with Crippen molar-refractivity contribution in [1.82, 2.24) is 5.32 Å². The highest BCUT2D eigenvalue weighted by molar-refractivity contribution is 5.82. The summed E-state index contributed by atoms with van der Waals surface area (Å²) in [4.78, 5) is 11.0. The van der Waals surface area contributed by atoms with Crippen LogP contribution in [0, 0.1) is 0 Å². The minimum absolute atomic E-state index is 0.169. The first-order valence-corrected chi connectivity index (χ1v) is 5.21. The quantitative estimate of drug-likeness (QED) is 0.624. The molecular weight excluding hydrogens is 202 g/mol. The summed E-state index contributed by atoms with van der Waals surface area (Å²) in [6, 6.07) is 10.2. The van der Waals surface area contributed by atoms with Crippen LogP contribution in [0.4, 0.5) is 0 Å². The summed E-state index contributed by atoms with van der Waals surface area (Å²) in [5.41, 5.74) is 1.98. The zero-order chi connectivity index (χ0) is 12.0. The van der Waals surface area contributed by atoms with E-state index in [0.717, 1.165) is 5.70 Å². The van der Waals surface area contributed by atoms with Gasteiger partial charge in [0.1, 0.15) is 0 Å². The molecule has 0 spiro atoms. The predicted octanol–water partition coefficient (Wildman–Crippen LogP) is 2.41. The highest BCUT2D eigenvalue weighted by Gasteiger charge is 2.04. The first-order valence-electron chi connectivity index (χ1n) is 5.21. The Bertz CT molecular complexity index is 371. The lowest BCUT2D eigenvalue weighted by Gasteiger charge is -2.15. The van der Waals surface area contributed by atoms with E-state index in [-0.39, 0.29) is 12.0 Å². The minimum atomic E-state index is -0.342. The van der Waals surface area contributed by atoms with Gasteiger partial charge in [-0.25, -0.2) is 4.79 Å². The van der Waals surface area contributed by atoms with Crippen molar-refractivity contribution in [3.05, 3.63) is 47.7 Å². The fourth-order valence-electron chi connectivity index (χ4n) is 1.44. The van der Waals surface area contributed by atoms with Crippen LogP contribution in [0.1, 0.15) is 25.5 Å². The molecule has 3 heteroatoms. The van der Waals surface area contributed by atoms with E-state index in [1.165, 1.54) is 18.7 Å². The number of methoxy groups -OCH3 is 1. The monoisotopic (exact) mass is 219 g/mol. The minimum Gasteiger partial charge on any atom is -0.466 e. The average molecular weight is 219 g/mol. The van der Waals surface area contributed by atoms with E-state index in [2.05, 4.69) is 10.1 Å². The summed E-state index contributed by atoms with van der Waals surface area (Å²) in [5, 5.41) is 3.22. The van der Waals surface area contributed by atoms with E-state index in [1.807, 2.05) is 44.2 Å². The molecule has 1 atom stereocenters. The summed E-state index contributed by atoms with van der Waals surface area (Å²) in [5.74, 6) is -0.342. The molecule has 0 aromatic heterocycles. The molecule has 0 saturated carbocycles. The van der Waals surface area contributed by atoms with Crippen LogP contribution in [0.15, 0.2) is 42.1 Å². The van der Waals surface area contributed by atoms with Crippen molar-refractivity contribution in [2.24, 2.45) is 0 Å². The van der Waals surface area contributed by atoms with Crippen molar-refractivity contribution in [1.29, 1.82) is 0 Å². The third kappa shape index (κ3) is 3.77. The van der Waals surface area contributed by atoms with Gasteiger partial charge in [-0.1, -0.05) is 30.3 Å². The number of hydrogen-bond donors (Lipinski definition) is 1. The number of carbonyl (C=O) groups is 1. The Morgan fingerprint density at radius 1 is 1.38 bits per heavy atom. The van der Waals surface area contributed by atoms with E-state index in [1.54, 1.807) is 0 Å². The maximum absolute atomic E-state index is 11.0. The molecule has 0 unspecified atom stereocenters. The molecule has 16 heavy (non-hydrogen) atoms. The third-order valence-electron chi connectivity index (χ3n) is 2.28. The number of benzene rings is 1. The van der Waals surface area contributed by atoms with Gasteiger partial charge in [0.05, 0.1) is 7.11 Å². The molecule has 1 N–H and O–H groups in total. The molecule has 1 aromatic rings. The van der Waals surface area contributed by atoms with Crippen LogP contribution in [-0.4, -0.2) is 13.1 Å². The standard InChI is InChI=1S/C13H17NO2/c1-10(9-13(15)16-3)14-11(2)12-7-5-4-6-8-12/h4-9,11,14H,1-3H3/b10-9-/t11-/m1/s1. The summed E-state index contributed by atoms with van der Waals surface area (Å²) >= 11 is 0. The molecule has 0 radical (unpaired) electrons. The van der Waals surface area contributed by atoms with Crippen molar-refractivity contribution in [2.75, 3.05) is 7.11 Å². The normalized spacial score (nSPS) is 13.1. The number of carbonyl (C=O) groups excluding carboxylic acids is 1. The van der Waals surface area contributed by atoms with Gasteiger partial charge in [0.2, 0.25) is 0 Å². The summed E-state index contributed by atoms with van der Waals surface area (Å²) < 4.78 is 4.55. The van der Waals surface area contributed by atoms with Gasteiger partial charge in [0, 0.05) is 17.8 Å². The molecule has 0 aliphatic heterocycles. The number of rotatable bonds is 4. The second-order valence-corrected chi connectivity index (χ2v) is 3.63. The van der Waals surface area contributed by atoms with Crippen molar-refractivity contribution in [3.8, 4) is 0 Å². The lowest BCUT2D eigenvalue weighted by molar-refractivity contribution is -0.134. The number of hydrogen-bond acceptors (Lipinski definition) is 3. The molecule has 0 amide bonds.